The van der Waals surface area contributed by atoms with E-state index in [-0.39, 0.29) is 0 Å². The molecule has 0 unspecified atom stereocenters. The van der Waals surface area contributed by atoms with Crippen LogP contribution < -0.4 is 4.90 Å². The maximum Gasteiger partial charge on any atom is 0.135 e. The zero-order valence-corrected chi connectivity index (χ0v) is 35.0. The van der Waals surface area contributed by atoms with Crippen LogP contribution >= 0.6 is 0 Å². The van der Waals surface area contributed by atoms with Crippen molar-refractivity contribution in [3.63, 3.8) is 0 Å². The Morgan fingerprint density at radius 2 is 0.609 bits per heavy atom. The molecule has 1 heterocycles. The second-order valence-corrected chi connectivity index (χ2v) is 16.4. The van der Waals surface area contributed by atoms with Gasteiger partial charge in [0.25, 0.3) is 0 Å². The van der Waals surface area contributed by atoms with Crippen LogP contribution in [0.1, 0.15) is 0 Å². The first-order valence-corrected chi connectivity index (χ1v) is 21.9. The van der Waals surface area contributed by atoms with Crippen LogP contribution in [0.2, 0.25) is 0 Å². The minimum atomic E-state index is 0.879. The number of nitrogens with zero attached hydrogens (tertiary/aromatic N) is 1. The molecule has 300 valence electrons. The van der Waals surface area contributed by atoms with Crippen LogP contribution in [0.25, 0.3) is 99.1 Å². The van der Waals surface area contributed by atoms with Gasteiger partial charge in [0, 0.05) is 27.8 Å². The van der Waals surface area contributed by atoms with Crippen molar-refractivity contribution in [2.24, 2.45) is 0 Å². The molecule has 12 aromatic rings. The average molecular weight is 816 g/mol. The van der Waals surface area contributed by atoms with Crippen LogP contribution in [0.3, 0.4) is 0 Å². The number of hydrogen-bond acceptors (Lipinski definition) is 2. The van der Waals surface area contributed by atoms with Gasteiger partial charge >= 0.3 is 0 Å². The molecule has 0 saturated carbocycles. The minimum Gasteiger partial charge on any atom is -0.456 e. The summed E-state index contributed by atoms with van der Waals surface area (Å²) in [5.41, 5.74) is 17.0. The number of para-hydroxylation sites is 1. The van der Waals surface area contributed by atoms with E-state index in [1.165, 1.54) is 71.6 Å². The standard InChI is InChI=1S/C62H41NO/c1-4-14-42(15-5-1)43-24-26-44(27-25-43)45-28-33-50(34-29-45)63(52-37-39-60-57(41-52)55-21-12-13-23-59(55)64-60)51-35-30-46(31-36-51)49-32-38-54-53-20-10-11-22-56(53)61(47-16-6-2-7-17-47)62(58(54)40-49)48-18-8-3-9-19-48/h1-41H. The van der Waals surface area contributed by atoms with Crippen molar-refractivity contribution in [2.75, 3.05) is 4.90 Å². The average Bonchev–Trinajstić information content (AvgIpc) is 3.75. The highest BCUT2D eigenvalue weighted by Gasteiger charge is 2.20. The second-order valence-electron chi connectivity index (χ2n) is 16.4. The summed E-state index contributed by atoms with van der Waals surface area (Å²) >= 11 is 0. The SMILES string of the molecule is c1ccc(-c2ccc(-c3ccc(N(c4ccc(-c5ccc6c(c5)c(-c5ccccc5)c(-c5ccccc5)c5ccccc56)cc4)c4ccc5oc6ccccc6c5c4)cc3)cc2)cc1. The smallest absolute Gasteiger partial charge is 0.135 e. The van der Waals surface area contributed by atoms with Gasteiger partial charge in [-0.3, -0.25) is 0 Å². The molecule has 2 nitrogen and oxygen atoms in total. The maximum atomic E-state index is 6.27. The van der Waals surface area contributed by atoms with Gasteiger partial charge in [-0.15, -0.1) is 0 Å². The van der Waals surface area contributed by atoms with Crippen molar-refractivity contribution >= 4 is 60.5 Å². The van der Waals surface area contributed by atoms with Crippen molar-refractivity contribution in [2.45, 2.75) is 0 Å². The molecule has 0 saturated heterocycles. The number of hydrogen-bond donors (Lipinski definition) is 0. The van der Waals surface area contributed by atoms with E-state index in [4.69, 9.17) is 4.42 Å². The van der Waals surface area contributed by atoms with Crippen molar-refractivity contribution < 1.29 is 4.42 Å². The van der Waals surface area contributed by atoms with Crippen LogP contribution in [-0.2, 0) is 0 Å². The van der Waals surface area contributed by atoms with E-state index in [2.05, 4.69) is 241 Å². The molecule has 12 rings (SSSR count). The minimum absolute atomic E-state index is 0.879. The largest absolute Gasteiger partial charge is 0.456 e. The molecule has 0 amide bonds. The van der Waals surface area contributed by atoms with Gasteiger partial charge in [0.1, 0.15) is 11.2 Å². The van der Waals surface area contributed by atoms with Crippen LogP contribution in [0.4, 0.5) is 17.1 Å². The summed E-state index contributed by atoms with van der Waals surface area (Å²) in [6.45, 7) is 0. The van der Waals surface area contributed by atoms with Gasteiger partial charge in [-0.05, 0) is 132 Å². The molecule has 0 spiro atoms. The zero-order valence-electron chi connectivity index (χ0n) is 35.0. The van der Waals surface area contributed by atoms with Crippen LogP contribution in [-0.4, -0.2) is 0 Å². The molecule has 0 bridgehead atoms. The third-order valence-corrected chi connectivity index (χ3v) is 12.7. The number of benzene rings is 11. The van der Waals surface area contributed by atoms with Gasteiger partial charge < -0.3 is 9.32 Å². The lowest BCUT2D eigenvalue weighted by atomic mass is 9.84. The molecule has 0 aliphatic heterocycles. The van der Waals surface area contributed by atoms with E-state index in [1.54, 1.807) is 0 Å². The lowest BCUT2D eigenvalue weighted by Gasteiger charge is -2.26. The summed E-state index contributed by atoms with van der Waals surface area (Å²) in [5, 5.41) is 7.20. The van der Waals surface area contributed by atoms with Gasteiger partial charge in [0.05, 0.1) is 0 Å². The lowest BCUT2D eigenvalue weighted by molar-refractivity contribution is 0.669. The third kappa shape index (κ3) is 6.61. The van der Waals surface area contributed by atoms with Crippen molar-refractivity contribution in [1.82, 2.24) is 0 Å². The van der Waals surface area contributed by atoms with Crippen molar-refractivity contribution in [1.29, 1.82) is 0 Å². The van der Waals surface area contributed by atoms with Crippen LogP contribution in [0.15, 0.2) is 253 Å². The number of anilines is 3. The summed E-state index contributed by atoms with van der Waals surface area (Å²) in [4.78, 5) is 2.35. The Bertz CT molecular complexity index is 3610. The fourth-order valence-corrected chi connectivity index (χ4v) is 9.57. The Morgan fingerprint density at radius 3 is 1.20 bits per heavy atom. The van der Waals surface area contributed by atoms with Gasteiger partial charge in [-0.2, -0.15) is 0 Å². The highest BCUT2D eigenvalue weighted by Crippen LogP contribution is 2.46. The predicted octanol–water partition coefficient (Wildman–Crippen LogP) is 17.7. The first-order valence-electron chi connectivity index (χ1n) is 21.9. The third-order valence-electron chi connectivity index (χ3n) is 12.7. The highest BCUT2D eigenvalue weighted by atomic mass is 16.3. The van der Waals surface area contributed by atoms with Gasteiger partial charge in [-0.1, -0.05) is 194 Å². The predicted molar refractivity (Wildman–Crippen MR) is 271 cm³/mol. The summed E-state index contributed by atoms with van der Waals surface area (Å²) in [7, 11) is 0. The molecule has 0 aliphatic rings. The first-order chi connectivity index (χ1) is 31.7. The Balaban J connectivity index is 0.967. The normalized spacial score (nSPS) is 11.4. The topological polar surface area (TPSA) is 16.4 Å². The Kier molecular flexibility index (Phi) is 9.20. The molecular formula is C62H41NO. The van der Waals surface area contributed by atoms with E-state index in [0.29, 0.717) is 0 Å². The molecule has 0 atom stereocenters. The Hall–Kier alpha value is -8.46. The molecule has 0 fully saturated rings. The molecular weight excluding hydrogens is 775 g/mol. The highest BCUT2D eigenvalue weighted by molar-refractivity contribution is 6.22. The molecule has 2 heteroatoms. The number of fused-ring (bicyclic) bond motifs is 6. The molecule has 11 aromatic carbocycles. The van der Waals surface area contributed by atoms with Gasteiger partial charge in [0.15, 0.2) is 0 Å². The van der Waals surface area contributed by atoms with Crippen LogP contribution in [0, 0.1) is 0 Å². The van der Waals surface area contributed by atoms with E-state index in [9.17, 15) is 0 Å². The van der Waals surface area contributed by atoms with E-state index >= 15 is 0 Å². The Morgan fingerprint density at radius 1 is 0.219 bits per heavy atom. The second kappa shape index (κ2) is 15.8. The van der Waals surface area contributed by atoms with E-state index < -0.39 is 0 Å². The summed E-state index contributed by atoms with van der Waals surface area (Å²) in [6.07, 6.45) is 0. The summed E-state index contributed by atoms with van der Waals surface area (Å²) in [5.74, 6) is 0. The number of rotatable bonds is 8. The van der Waals surface area contributed by atoms with E-state index in [0.717, 1.165) is 44.6 Å². The van der Waals surface area contributed by atoms with Gasteiger partial charge in [-0.25, -0.2) is 0 Å². The quantitative estimate of drug-likeness (QED) is 0.142. The molecule has 1 aromatic heterocycles. The number of furan rings is 1. The zero-order chi connectivity index (χ0) is 42.4. The Labute approximate surface area is 372 Å². The maximum absolute atomic E-state index is 6.27. The van der Waals surface area contributed by atoms with Crippen molar-refractivity contribution in [3.05, 3.63) is 249 Å². The van der Waals surface area contributed by atoms with E-state index in [1.807, 2.05) is 12.1 Å². The molecule has 0 aliphatic carbocycles. The monoisotopic (exact) mass is 815 g/mol. The fourth-order valence-electron chi connectivity index (χ4n) is 9.57. The van der Waals surface area contributed by atoms with Crippen LogP contribution in [0.5, 0.6) is 0 Å². The lowest BCUT2D eigenvalue weighted by Crippen LogP contribution is -2.09. The fraction of sp³-hybridized carbons (Fsp3) is 0. The molecule has 0 N–H and O–H groups in total. The first kappa shape index (κ1) is 37.3. The van der Waals surface area contributed by atoms with Crippen molar-refractivity contribution in [3.8, 4) is 55.6 Å². The molecule has 0 radical (unpaired) electrons. The molecule has 64 heavy (non-hydrogen) atoms. The van der Waals surface area contributed by atoms with Gasteiger partial charge in [0.2, 0.25) is 0 Å². The summed E-state index contributed by atoms with van der Waals surface area (Å²) in [6, 6.07) is 89.7. The summed E-state index contributed by atoms with van der Waals surface area (Å²) < 4.78 is 6.27.